The van der Waals surface area contributed by atoms with E-state index in [2.05, 4.69) is 33.8 Å². The molecule has 0 aromatic heterocycles. The summed E-state index contributed by atoms with van der Waals surface area (Å²) in [6, 6.07) is 0. The Bertz CT molecular complexity index is 337. The molecule has 1 nitrogen and oxygen atoms in total. The third-order valence-corrected chi connectivity index (χ3v) is 4.88. The third-order valence-electron chi connectivity index (χ3n) is 4.88. The minimum Gasteiger partial charge on any atom is -0.299 e. The van der Waals surface area contributed by atoms with E-state index in [9.17, 15) is 4.79 Å². The number of fused-ring (bicyclic) bond motifs is 1. The van der Waals surface area contributed by atoms with E-state index in [1.54, 1.807) is 0 Å². The number of Topliss-reactive ketones (excluding diaryl/α,β-unsaturated/α-hetero) is 1. The van der Waals surface area contributed by atoms with E-state index in [0.29, 0.717) is 11.7 Å². The first-order valence-electron chi connectivity index (χ1n) is 6.57. The van der Waals surface area contributed by atoms with Crippen LogP contribution in [0.5, 0.6) is 0 Å². The van der Waals surface area contributed by atoms with E-state index in [4.69, 9.17) is 0 Å². The largest absolute Gasteiger partial charge is 0.299 e. The molecule has 0 saturated heterocycles. The van der Waals surface area contributed by atoms with E-state index < -0.39 is 0 Å². The molecule has 1 heteroatoms. The summed E-state index contributed by atoms with van der Waals surface area (Å²) in [6.07, 6.45) is 7.61. The van der Waals surface area contributed by atoms with E-state index in [1.807, 2.05) is 0 Å². The van der Waals surface area contributed by atoms with Gasteiger partial charge in [-0.15, -0.1) is 0 Å². The maximum atomic E-state index is 12.3. The molecule has 0 aromatic carbocycles. The molecule has 0 bridgehead atoms. The van der Waals surface area contributed by atoms with Crippen LogP contribution in [-0.4, -0.2) is 5.78 Å². The average Bonchev–Trinajstić information content (AvgIpc) is 2.28. The van der Waals surface area contributed by atoms with Gasteiger partial charge in [0, 0.05) is 11.8 Å². The first-order valence-corrected chi connectivity index (χ1v) is 6.57. The molecular formula is C15H24O. The van der Waals surface area contributed by atoms with Gasteiger partial charge in [0.05, 0.1) is 0 Å². The van der Waals surface area contributed by atoms with Gasteiger partial charge in [0.15, 0.2) is 0 Å². The lowest BCUT2D eigenvalue weighted by atomic mass is 9.58. The molecule has 2 unspecified atom stereocenters. The highest BCUT2D eigenvalue weighted by Crippen LogP contribution is 2.53. The highest BCUT2D eigenvalue weighted by molar-refractivity contribution is 5.85. The van der Waals surface area contributed by atoms with Crippen molar-refractivity contribution in [1.82, 2.24) is 0 Å². The number of rotatable bonds is 0. The molecular weight excluding hydrogens is 196 g/mol. The second-order valence-corrected chi connectivity index (χ2v) is 6.67. The number of ketones is 1. The lowest BCUT2D eigenvalue weighted by molar-refractivity contribution is -0.131. The van der Waals surface area contributed by atoms with Crippen LogP contribution >= 0.6 is 0 Å². The highest BCUT2D eigenvalue weighted by atomic mass is 16.1. The lowest BCUT2D eigenvalue weighted by Gasteiger charge is -2.45. The fraction of sp³-hybridized carbons (Fsp3) is 0.800. The first-order chi connectivity index (χ1) is 7.36. The molecule has 2 aliphatic rings. The van der Waals surface area contributed by atoms with Crippen molar-refractivity contribution in [3.63, 3.8) is 0 Å². The van der Waals surface area contributed by atoms with Gasteiger partial charge in [0.2, 0.25) is 0 Å². The second kappa shape index (κ2) is 3.72. The smallest absolute Gasteiger partial charge is 0.139 e. The van der Waals surface area contributed by atoms with Crippen LogP contribution in [0.2, 0.25) is 0 Å². The fourth-order valence-corrected chi connectivity index (χ4v) is 3.71. The maximum Gasteiger partial charge on any atom is 0.139 e. The Morgan fingerprint density at radius 2 is 1.88 bits per heavy atom. The number of carbonyl (C=O) groups is 1. The molecule has 0 aromatic rings. The van der Waals surface area contributed by atoms with Crippen LogP contribution in [-0.2, 0) is 4.79 Å². The zero-order valence-corrected chi connectivity index (χ0v) is 11.1. The summed E-state index contributed by atoms with van der Waals surface area (Å²) < 4.78 is 0. The first kappa shape index (κ1) is 11.9. The van der Waals surface area contributed by atoms with Crippen LogP contribution in [0.4, 0.5) is 0 Å². The number of allylic oxidation sites excluding steroid dienone is 2. The standard InChI is InChI=1S/C15H24O/c1-11-7-9-15(4)12(10-11)14(2,3)8-5-6-13(15)16/h10,12H,5-9H2,1-4H3. The van der Waals surface area contributed by atoms with Crippen molar-refractivity contribution >= 4 is 5.78 Å². The molecule has 0 spiro atoms. The Labute approximate surface area is 99.3 Å². The van der Waals surface area contributed by atoms with Crippen molar-refractivity contribution in [2.24, 2.45) is 16.7 Å². The van der Waals surface area contributed by atoms with Crippen molar-refractivity contribution in [2.75, 3.05) is 0 Å². The monoisotopic (exact) mass is 220 g/mol. The van der Waals surface area contributed by atoms with E-state index in [-0.39, 0.29) is 10.8 Å². The number of hydrogen-bond acceptors (Lipinski definition) is 1. The van der Waals surface area contributed by atoms with Crippen LogP contribution in [0.15, 0.2) is 11.6 Å². The van der Waals surface area contributed by atoms with Crippen molar-refractivity contribution in [3.8, 4) is 0 Å². The summed E-state index contributed by atoms with van der Waals surface area (Å²) >= 11 is 0. The quantitative estimate of drug-likeness (QED) is 0.561. The van der Waals surface area contributed by atoms with Gasteiger partial charge in [0.1, 0.15) is 5.78 Å². The zero-order chi connectivity index (χ0) is 12.0. The van der Waals surface area contributed by atoms with Crippen molar-refractivity contribution in [3.05, 3.63) is 11.6 Å². The molecule has 0 heterocycles. The molecule has 0 aliphatic heterocycles. The molecule has 16 heavy (non-hydrogen) atoms. The summed E-state index contributed by atoms with van der Waals surface area (Å²) in [7, 11) is 0. The van der Waals surface area contributed by atoms with Crippen molar-refractivity contribution in [2.45, 2.75) is 59.8 Å². The summed E-state index contributed by atoms with van der Waals surface area (Å²) in [5, 5.41) is 0. The Kier molecular flexibility index (Phi) is 2.76. The zero-order valence-electron chi connectivity index (χ0n) is 11.1. The van der Waals surface area contributed by atoms with Crippen LogP contribution < -0.4 is 0 Å². The molecule has 90 valence electrons. The van der Waals surface area contributed by atoms with Crippen LogP contribution in [0.25, 0.3) is 0 Å². The SMILES string of the molecule is CC1=CC2C(C)(C)CCCC(=O)C2(C)CC1. The number of hydrogen-bond donors (Lipinski definition) is 0. The Balaban J connectivity index is 2.46. The van der Waals surface area contributed by atoms with Crippen LogP contribution in [0, 0.1) is 16.7 Å². The van der Waals surface area contributed by atoms with Crippen LogP contribution in [0.1, 0.15) is 59.8 Å². The lowest BCUT2D eigenvalue weighted by Crippen LogP contribution is -2.42. The Hall–Kier alpha value is -0.590. The van der Waals surface area contributed by atoms with Crippen molar-refractivity contribution in [1.29, 1.82) is 0 Å². The van der Waals surface area contributed by atoms with Gasteiger partial charge < -0.3 is 0 Å². The normalized spacial score (nSPS) is 38.6. The number of carbonyl (C=O) groups excluding carboxylic acids is 1. The van der Waals surface area contributed by atoms with Gasteiger partial charge >= 0.3 is 0 Å². The average molecular weight is 220 g/mol. The van der Waals surface area contributed by atoms with Crippen LogP contribution in [0.3, 0.4) is 0 Å². The minimum absolute atomic E-state index is 0.0838. The van der Waals surface area contributed by atoms with Gasteiger partial charge in [-0.3, -0.25) is 4.79 Å². The summed E-state index contributed by atoms with van der Waals surface area (Å²) in [5.74, 6) is 0.954. The molecule has 2 rings (SSSR count). The van der Waals surface area contributed by atoms with E-state index in [1.165, 1.54) is 12.0 Å². The minimum atomic E-state index is -0.0838. The van der Waals surface area contributed by atoms with E-state index >= 15 is 0 Å². The summed E-state index contributed by atoms with van der Waals surface area (Å²) in [6.45, 7) is 9.09. The Morgan fingerprint density at radius 1 is 1.19 bits per heavy atom. The predicted octanol–water partition coefficient (Wildman–Crippen LogP) is 4.13. The Morgan fingerprint density at radius 3 is 2.56 bits per heavy atom. The molecule has 0 N–H and O–H groups in total. The topological polar surface area (TPSA) is 17.1 Å². The van der Waals surface area contributed by atoms with Gasteiger partial charge in [-0.25, -0.2) is 0 Å². The van der Waals surface area contributed by atoms with Gasteiger partial charge in [0.25, 0.3) is 0 Å². The van der Waals surface area contributed by atoms with E-state index in [0.717, 1.165) is 25.7 Å². The molecule has 1 saturated carbocycles. The molecule has 0 radical (unpaired) electrons. The third kappa shape index (κ3) is 1.74. The maximum absolute atomic E-state index is 12.3. The second-order valence-electron chi connectivity index (χ2n) is 6.67. The molecule has 0 amide bonds. The van der Waals surface area contributed by atoms with Crippen molar-refractivity contribution < 1.29 is 4.79 Å². The summed E-state index contributed by atoms with van der Waals surface area (Å²) in [5.41, 5.74) is 1.67. The molecule has 2 aliphatic carbocycles. The molecule has 1 fully saturated rings. The summed E-state index contributed by atoms with van der Waals surface area (Å²) in [4.78, 5) is 12.3. The molecule has 2 atom stereocenters. The predicted molar refractivity (Wildman–Crippen MR) is 67.2 cm³/mol. The van der Waals surface area contributed by atoms with Gasteiger partial charge in [-0.1, -0.05) is 32.4 Å². The highest BCUT2D eigenvalue weighted by Gasteiger charge is 2.49. The fourth-order valence-electron chi connectivity index (χ4n) is 3.71. The van der Waals surface area contributed by atoms with Gasteiger partial charge in [-0.05, 0) is 43.9 Å². The van der Waals surface area contributed by atoms with Gasteiger partial charge in [-0.2, -0.15) is 0 Å².